The number of pyridine rings is 2. The summed E-state index contributed by atoms with van der Waals surface area (Å²) in [6.45, 7) is 2.08. The molecule has 0 bridgehead atoms. The van der Waals surface area contributed by atoms with Gasteiger partial charge in [-0.25, -0.2) is 4.98 Å². The van der Waals surface area contributed by atoms with E-state index in [2.05, 4.69) is 15.3 Å². The molecule has 0 spiro atoms. The summed E-state index contributed by atoms with van der Waals surface area (Å²) in [6, 6.07) is 10.2. The molecule has 1 aromatic carbocycles. The van der Waals surface area contributed by atoms with Crippen LogP contribution in [0.2, 0.25) is 5.02 Å². The molecule has 0 saturated carbocycles. The van der Waals surface area contributed by atoms with Gasteiger partial charge in [-0.3, -0.25) is 14.6 Å². The highest BCUT2D eigenvalue weighted by Gasteiger charge is 2.26. The minimum Gasteiger partial charge on any atom is -0.497 e. The fourth-order valence-electron chi connectivity index (χ4n) is 3.87. The van der Waals surface area contributed by atoms with Crippen molar-refractivity contribution in [1.29, 1.82) is 0 Å². The molecule has 9 nitrogen and oxygen atoms in total. The third-order valence-corrected chi connectivity index (χ3v) is 5.80. The molecule has 180 valence electrons. The van der Waals surface area contributed by atoms with Gasteiger partial charge in [0.05, 0.1) is 38.5 Å². The van der Waals surface area contributed by atoms with Crippen LogP contribution in [0.15, 0.2) is 48.8 Å². The molecule has 0 fully saturated rings. The average Bonchev–Trinajstić information content (AvgIpc) is 3.14. The van der Waals surface area contributed by atoms with E-state index in [-0.39, 0.29) is 5.56 Å². The summed E-state index contributed by atoms with van der Waals surface area (Å²) < 4.78 is 17.8. The summed E-state index contributed by atoms with van der Waals surface area (Å²) in [5.41, 5.74) is 2.62. The predicted octanol–water partition coefficient (Wildman–Crippen LogP) is 4.29. The van der Waals surface area contributed by atoms with E-state index in [1.54, 1.807) is 38.3 Å². The van der Waals surface area contributed by atoms with Crippen LogP contribution in [0.1, 0.15) is 21.7 Å². The zero-order valence-corrected chi connectivity index (χ0v) is 20.3. The third-order valence-electron chi connectivity index (χ3n) is 5.59. The molecule has 10 heteroatoms. The van der Waals surface area contributed by atoms with Crippen molar-refractivity contribution >= 4 is 39.9 Å². The number of fused-ring (bicyclic) bond motifs is 1. The predicted molar refractivity (Wildman–Crippen MR) is 132 cm³/mol. The molecule has 0 aliphatic rings. The van der Waals surface area contributed by atoms with E-state index < -0.39 is 11.7 Å². The average molecular weight is 495 g/mol. The van der Waals surface area contributed by atoms with E-state index >= 15 is 0 Å². The highest BCUT2D eigenvalue weighted by molar-refractivity contribution is 6.48. The number of halogens is 1. The number of hydrogen-bond acceptors (Lipinski definition) is 7. The normalized spacial score (nSPS) is 10.8. The topological polar surface area (TPSA) is 105 Å². The van der Waals surface area contributed by atoms with Gasteiger partial charge in [0, 0.05) is 46.8 Å². The number of Topliss-reactive ketones (excluding diaryl/α,β-unsaturated/α-hetero) is 1. The summed E-state index contributed by atoms with van der Waals surface area (Å²) in [4.78, 5) is 34.8. The highest BCUT2D eigenvalue weighted by Crippen LogP contribution is 2.32. The van der Waals surface area contributed by atoms with Gasteiger partial charge < -0.3 is 24.1 Å². The summed E-state index contributed by atoms with van der Waals surface area (Å²) in [5.74, 6) is -0.0800. The van der Waals surface area contributed by atoms with Gasteiger partial charge in [0.15, 0.2) is 0 Å². The minimum atomic E-state index is -0.787. The second-order valence-corrected chi connectivity index (χ2v) is 8.04. The molecular weight excluding hydrogens is 472 g/mol. The second-order valence-electron chi connectivity index (χ2n) is 7.60. The van der Waals surface area contributed by atoms with Crippen molar-refractivity contribution in [3.63, 3.8) is 0 Å². The molecule has 0 radical (unpaired) electrons. The molecule has 4 aromatic rings. The molecule has 0 unspecified atom stereocenters. The van der Waals surface area contributed by atoms with Crippen molar-refractivity contribution in [3.8, 4) is 17.4 Å². The first kappa shape index (κ1) is 24.0. The van der Waals surface area contributed by atoms with Crippen LogP contribution >= 0.6 is 11.6 Å². The van der Waals surface area contributed by atoms with Gasteiger partial charge in [-0.2, -0.15) is 0 Å². The van der Waals surface area contributed by atoms with Crippen LogP contribution in [-0.4, -0.2) is 47.6 Å². The van der Waals surface area contributed by atoms with Crippen LogP contribution in [0.3, 0.4) is 0 Å². The fourth-order valence-corrected chi connectivity index (χ4v) is 4.02. The number of amides is 1. The second kappa shape index (κ2) is 10.0. The fraction of sp³-hybridized carbons (Fsp3) is 0.200. The van der Waals surface area contributed by atoms with Gasteiger partial charge in [0.25, 0.3) is 11.7 Å². The summed E-state index contributed by atoms with van der Waals surface area (Å²) in [5, 5.41) is 3.66. The lowest BCUT2D eigenvalue weighted by atomic mass is 10.1. The van der Waals surface area contributed by atoms with Crippen molar-refractivity contribution in [3.05, 3.63) is 70.8 Å². The number of benzene rings is 1. The number of rotatable bonds is 8. The van der Waals surface area contributed by atoms with E-state index in [0.29, 0.717) is 51.4 Å². The van der Waals surface area contributed by atoms with E-state index in [4.69, 9.17) is 25.8 Å². The quantitative estimate of drug-likeness (QED) is 0.288. The first-order chi connectivity index (χ1) is 16.9. The molecule has 0 saturated heterocycles. The Hall–Kier alpha value is -4.11. The van der Waals surface area contributed by atoms with Crippen LogP contribution in [0.25, 0.3) is 10.9 Å². The maximum Gasteiger partial charge on any atom is 0.296 e. The molecule has 0 aliphatic heterocycles. The third kappa shape index (κ3) is 4.76. The van der Waals surface area contributed by atoms with Gasteiger partial charge in [0.2, 0.25) is 5.88 Å². The Bertz CT molecular complexity index is 1430. The molecular formula is C25H23ClN4O5. The van der Waals surface area contributed by atoms with Crippen LogP contribution < -0.4 is 19.5 Å². The largest absolute Gasteiger partial charge is 0.497 e. The molecule has 0 aliphatic carbocycles. The number of carbonyl (C=O) groups is 2. The highest BCUT2D eigenvalue weighted by atomic mass is 35.5. The minimum absolute atomic E-state index is 0.269. The Morgan fingerprint density at radius 1 is 1.03 bits per heavy atom. The number of nitrogens with zero attached hydrogens (tertiary/aromatic N) is 3. The number of ether oxygens (including phenoxy) is 3. The lowest BCUT2D eigenvalue weighted by Gasteiger charge is -2.12. The first-order valence-electron chi connectivity index (χ1n) is 10.6. The Kier molecular flexibility index (Phi) is 6.88. The standard InChI is InChI=1S/C25H23ClN4O5/c1-14-23(24(31)25(32)29-16-7-8-27-22(10-16)35-4)18-11-17(33-2)5-6-20(18)30(14)13-19-21(34-3)9-15(26)12-28-19/h5-12H,13H2,1-4H3,(H,27,29,32). The molecule has 4 rings (SSSR count). The summed E-state index contributed by atoms with van der Waals surface area (Å²) >= 11 is 6.06. The Morgan fingerprint density at radius 3 is 2.54 bits per heavy atom. The lowest BCUT2D eigenvalue weighted by Crippen LogP contribution is -2.23. The van der Waals surface area contributed by atoms with Crippen LogP contribution in [0, 0.1) is 6.92 Å². The summed E-state index contributed by atoms with van der Waals surface area (Å²) in [6.07, 6.45) is 3.01. The first-order valence-corrected chi connectivity index (χ1v) is 10.9. The summed E-state index contributed by atoms with van der Waals surface area (Å²) in [7, 11) is 4.55. The monoisotopic (exact) mass is 494 g/mol. The van der Waals surface area contributed by atoms with Crippen molar-refractivity contribution in [2.45, 2.75) is 13.5 Å². The van der Waals surface area contributed by atoms with Crippen LogP contribution in [0.5, 0.6) is 17.4 Å². The van der Waals surface area contributed by atoms with Crippen molar-refractivity contribution in [1.82, 2.24) is 14.5 Å². The number of nitrogens with one attached hydrogen (secondary N) is 1. The maximum atomic E-state index is 13.4. The number of aromatic nitrogens is 3. The number of hydrogen-bond donors (Lipinski definition) is 1. The maximum absolute atomic E-state index is 13.4. The SMILES string of the molecule is COc1ccc2c(c1)c(C(=O)C(=O)Nc1ccnc(OC)c1)c(C)n2Cc1ncc(Cl)cc1OC. The zero-order chi connectivity index (χ0) is 25.1. The van der Waals surface area contributed by atoms with Crippen molar-refractivity contribution in [2.75, 3.05) is 26.6 Å². The lowest BCUT2D eigenvalue weighted by molar-refractivity contribution is -0.112. The molecule has 1 N–H and O–H groups in total. The van der Waals surface area contributed by atoms with Crippen LogP contribution in [-0.2, 0) is 11.3 Å². The van der Waals surface area contributed by atoms with Gasteiger partial charge in [-0.05, 0) is 31.2 Å². The van der Waals surface area contributed by atoms with Gasteiger partial charge in [-0.1, -0.05) is 11.6 Å². The zero-order valence-electron chi connectivity index (χ0n) is 19.6. The van der Waals surface area contributed by atoms with Crippen molar-refractivity contribution in [2.24, 2.45) is 0 Å². The van der Waals surface area contributed by atoms with Gasteiger partial charge in [0.1, 0.15) is 17.2 Å². The van der Waals surface area contributed by atoms with Crippen molar-refractivity contribution < 1.29 is 23.8 Å². The van der Waals surface area contributed by atoms with Crippen LogP contribution in [0.4, 0.5) is 5.69 Å². The Morgan fingerprint density at radius 2 is 1.83 bits per heavy atom. The molecule has 35 heavy (non-hydrogen) atoms. The number of ketones is 1. The molecule has 3 heterocycles. The number of methoxy groups -OCH3 is 3. The Balaban J connectivity index is 1.78. The molecule has 3 aromatic heterocycles. The van der Waals surface area contributed by atoms with Gasteiger partial charge >= 0.3 is 0 Å². The Labute approximate surface area is 206 Å². The number of anilines is 1. The molecule has 0 atom stereocenters. The van der Waals surface area contributed by atoms with E-state index in [9.17, 15) is 9.59 Å². The smallest absolute Gasteiger partial charge is 0.296 e. The van der Waals surface area contributed by atoms with E-state index in [1.807, 2.05) is 10.6 Å². The van der Waals surface area contributed by atoms with Gasteiger partial charge in [-0.15, -0.1) is 0 Å². The molecule has 1 amide bonds. The van der Waals surface area contributed by atoms with E-state index in [0.717, 1.165) is 5.52 Å². The van der Waals surface area contributed by atoms with E-state index in [1.165, 1.54) is 32.7 Å². The number of carbonyl (C=O) groups excluding carboxylic acids is 2.